The van der Waals surface area contributed by atoms with E-state index in [1.165, 1.54) is 10.5 Å². The van der Waals surface area contributed by atoms with Crippen LogP contribution in [-0.2, 0) is 6.54 Å². The predicted octanol–water partition coefficient (Wildman–Crippen LogP) is 4.68. The summed E-state index contributed by atoms with van der Waals surface area (Å²) in [5, 5.41) is 3.80. The van der Waals surface area contributed by atoms with Gasteiger partial charge in [0, 0.05) is 22.7 Å². The normalized spacial score (nSPS) is 13.3. The fourth-order valence-electron chi connectivity index (χ4n) is 2.09. The number of thioether (sulfide) groups is 1. The zero-order valence-corrected chi connectivity index (χ0v) is 12.9. The Morgan fingerprint density at radius 3 is 2.10 bits per heavy atom. The molecule has 0 aliphatic carbocycles. The Morgan fingerprint density at radius 2 is 1.52 bits per heavy atom. The van der Waals surface area contributed by atoms with Gasteiger partial charge in [0.1, 0.15) is 0 Å². The first-order valence-corrected chi connectivity index (χ1v) is 7.95. The molecule has 2 atom stereocenters. The molecule has 0 heterocycles. The average Bonchev–Trinajstić information content (AvgIpc) is 2.56. The highest BCUT2D eigenvalue weighted by atomic mass is 32.2. The van der Waals surface area contributed by atoms with Crippen LogP contribution in [0.1, 0.15) is 5.56 Å². The van der Waals surface area contributed by atoms with Crippen molar-refractivity contribution in [2.75, 3.05) is 0 Å². The molecule has 108 valence electrons. The van der Waals surface area contributed by atoms with Gasteiger partial charge in [0.05, 0.1) is 0 Å². The Morgan fingerprint density at radius 1 is 0.905 bits per heavy atom. The van der Waals surface area contributed by atoms with Gasteiger partial charge in [0.25, 0.3) is 0 Å². The van der Waals surface area contributed by atoms with Crippen LogP contribution in [0.3, 0.4) is 0 Å². The van der Waals surface area contributed by atoms with Gasteiger partial charge in [-0.3, -0.25) is 0 Å². The van der Waals surface area contributed by atoms with Gasteiger partial charge >= 0.3 is 0 Å². The van der Waals surface area contributed by atoms with Gasteiger partial charge < -0.3 is 5.32 Å². The van der Waals surface area contributed by atoms with E-state index in [-0.39, 0.29) is 11.3 Å². The van der Waals surface area contributed by atoms with E-state index < -0.39 is 0 Å². The Labute approximate surface area is 131 Å². The number of benzene rings is 2. The second-order valence-corrected chi connectivity index (χ2v) is 6.01. The lowest BCUT2D eigenvalue weighted by atomic mass is 10.1. The summed E-state index contributed by atoms with van der Waals surface area (Å²) in [7, 11) is 0. The molecule has 0 spiro atoms. The molecular formula is C19H21NS. The summed E-state index contributed by atoms with van der Waals surface area (Å²) in [4.78, 5) is 1.25. The molecule has 0 radical (unpaired) electrons. The standard InChI is InChI=1S/C19H21NS/c1-3-18(20-15-16-11-7-5-8-12-16)19(4-2)21-17-13-9-6-10-14-17/h3-14,18-20H,1-2,15H2. The summed E-state index contributed by atoms with van der Waals surface area (Å²) < 4.78 is 0. The Kier molecular flexibility index (Phi) is 6.32. The molecule has 0 aliphatic heterocycles. The molecule has 1 N–H and O–H groups in total. The lowest BCUT2D eigenvalue weighted by molar-refractivity contribution is 0.607. The van der Waals surface area contributed by atoms with Crippen LogP contribution >= 0.6 is 11.8 Å². The van der Waals surface area contributed by atoms with E-state index in [2.05, 4.69) is 67.0 Å². The van der Waals surface area contributed by atoms with E-state index in [4.69, 9.17) is 0 Å². The SMILES string of the molecule is C=CC(NCc1ccccc1)C(C=C)Sc1ccccc1. The second-order valence-electron chi connectivity index (χ2n) is 4.76. The van der Waals surface area contributed by atoms with Crippen LogP contribution in [0.15, 0.2) is 90.9 Å². The van der Waals surface area contributed by atoms with Crippen LogP contribution in [0.4, 0.5) is 0 Å². The van der Waals surface area contributed by atoms with Crippen molar-refractivity contribution in [2.45, 2.75) is 22.7 Å². The van der Waals surface area contributed by atoms with Crippen LogP contribution in [0.25, 0.3) is 0 Å². The number of rotatable bonds is 8. The molecule has 0 fully saturated rings. The highest BCUT2D eigenvalue weighted by molar-refractivity contribution is 8.00. The Hall–Kier alpha value is -1.77. The fourth-order valence-corrected chi connectivity index (χ4v) is 3.17. The molecule has 21 heavy (non-hydrogen) atoms. The van der Waals surface area contributed by atoms with Crippen LogP contribution in [0.2, 0.25) is 0 Å². The van der Waals surface area contributed by atoms with Gasteiger partial charge in [-0.1, -0.05) is 60.7 Å². The lowest BCUT2D eigenvalue weighted by Gasteiger charge is -2.22. The van der Waals surface area contributed by atoms with Crippen molar-refractivity contribution in [1.82, 2.24) is 5.32 Å². The summed E-state index contributed by atoms with van der Waals surface area (Å²) in [5.74, 6) is 0. The first-order valence-electron chi connectivity index (χ1n) is 7.07. The van der Waals surface area contributed by atoms with Gasteiger partial charge in [0.15, 0.2) is 0 Å². The molecule has 0 saturated carbocycles. The number of hydrogen-bond donors (Lipinski definition) is 1. The highest BCUT2D eigenvalue weighted by Gasteiger charge is 2.16. The Bertz CT molecular complexity index is 550. The van der Waals surface area contributed by atoms with Gasteiger partial charge in [0.2, 0.25) is 0 Å². The molecule has 0 aromatic heterocycles. The third kappa shape index (κ3) is 4.92. The monoisotopic (exact) mass is 295 g/mol. The fraction of sp³-hybridized carbons (Fsp3) is 0.158. The van der Waals surface area contributed by atoms with Crippen molar-refractivity contribution in [3.05, 3.63) is 91.5 Å². The lowest BCUT2D eigenvalue weighted by Crippen LogP contribution is -2.34. The molecule has 2 unspecified atom stereocenters. The van der Waals surface area contributed by atoms with Gasteiger partial charge in [-0.05, 0) is 17.7 Å². The Balaban J connectivity index is 1.97. The zero-order valence-electron chi connectivity index (χ0n) is 12.1. The molecule has 2 rings (SSSR count). The molecule has 0 saturated heterocycles. The van der Waals surface area contributed by atoms with Gasteiger partial charge in [-0.15, -0.1) is 24.9 Å². The smallest absolute Gasteiger partial charge is 0.0461 e. The summed E-state index contributed by atoms with van der Waals surface area (Å²) >= 11 is 1.80. The van der Waals surface area contributed by atoms with Crippen molar-refractivity contribution in [1.29, 1.82) is 0 Å². The summed E-state index contributed by atoms with van der Waals surface area (Å²) in [6, 6.07) is 21.0. The molecular weight excluding hydrogens is 274 g/mol. The van der Waals surface area contributed by atoms with Crippen molar-refractivity contribution in [3.8, 4) is 0 Å². The summed E-state index contributed by atoms with van der Waals surface area (Å²) in [5.41, 5.74) is 1.27. The highest BCUT2D eigenvalue weighted by Crippen LogP contribution is 2.26. The molecule has 0 amide bonds. The minimum absolute atomic E-state index is 0.188. The molecule has 0 bridgehead atoms. The minimum atomic E-state index is 0.188. The summed E-state index contributed by atoms with van der Waals surface area (Å²) in [6.07, 6.45) is 3.95. The van der Waals surface area contributed by atoms with E-state index in [1.54, 1.807) is 11.8 Å². The van der Waals surface area contributed by atoms with Crippen molar-refractivity contribution in [2.24, 2.45) is 0 Å². The van der Waals surface area contributed by atoms with Gasteiger partial charge in [-0.2, -0.15) is 0 Å². The minimum Gasteiger partial charge on any atom is -0.305 e. The van der Waals surface area contributed by atoms with Crippen molar-refractivity contribution >= 4 is 11.8 Å². The van der Waals surface area contributed by atoms with Crippen LogP contribution < -0.4 is 5.32 Å². The third-order valence-corrected chi connectivity index (χ3v) is 4.54. The van der Waals surface area contributed by atoms with Gasteiger partial charge in [-0.25, -0.2) is 0 Å². The maximum Gasteiger partial charge on any atom is 0.0461 e. The second kappa shape index (κ2) is 8.50. The predicted molar refractivity (Wildman–Crippen MR) is 93.6 cm³/mol. The maximum atomic E-state index is 3.97. The van der Waals surface area contributed by atoms with E-state index in [0.717, 1.165) is 6.54 Å². The molecule has 2 aromatic rings. The van der Waals surface area contributed by atoms with E-state index in [1.807, 2.05) is 24.3 Å². The van der Waals surface area contributed by atoms with Crippen molar-refractivity contribution in [3.63, 3.8) is 0 Å². The third-order valence-electron chi connectivity index (χ3n) is 3.24. The largest absolute Gasteiger partial charge is 0.305 e. The van der Waals surface area contributed by atoms with E-state index >= 15 is 0 Å². The van der Waals surface area contributed by atoms with E-state index in [9.17, 15) is 0 Å². The van der Waals surface area contributed by atoms with E-state index in [0.29, 0.717) is 0 Å². The molecule has 2 aromatic carbocycles. The number of hydrogen-bond acceptors (Lipinski definition) is 2. The number of nitrogens with one attached hydrogen (secondary N) is 1. The molecule has 2 heteroatoms. The maximum absolute atomic E-state index is 3.97. The van der Waals surface area contributed by atoms with Crippen LogP contribution in [0.5, 0.6) is 0 Å². The first kappa shape index (κ1) is 15.6. The summed E-state index contributed by atoms with van der Waals surface area (Å²) in [6.45, 7) is 8.76. The van der Waals surface area contributed by atoms with Crippen LogP contribution in [0, 0.1) is 0 Å². The topological polar surface area (TPSA) is 12.0 Å². The molecule has 1 nitrogen and oxygen atoms in total. The quantitative estimate of drug-likeness (QED) is 0.560. The van der Waals surface area contributed by atoms with Crippen molar-refractivity contribution < 1.29 is 0 Å². The first-order chi connectivity index (χ1) is 10.3. The molecule has 0 aliphatic rings. The van der Waals surface area contributed by atoms with Crippen LogP contribution in [-0.4, -0.2) is 11.3 Å². The zero-order chi connectivity index (χ0) is 14.9. The average molecular weight is 295 g/mol.